The Hall–Kier alpha value is -0.540. The molecule has 0 aromatic heterocycles. The highest BCUT2D eigenvalue weighted by molar-refractivity contribution is 9.10. The molecule has 0 atom stereocenters. The summed E-state index contributed by atoms with van der Waals surface area (Å²) in [5.74, 6) is 0.0347. The molecule has 0 radical (unpaired) electrons. The molecule has 0 aliphatic rings. The summed E-state index contributed by atoms with van der Waals surface area (Å²) < 4.78 is 0.498. The number of phenolic OH excluding ortho intramolecular Hbond substituents is 1. The minimum Gasteiger partial charge on any atom is -0.508 e. The minimum atomic E-state index is 0.0347. The minimum absolute atomic E-state index is 0.0347. The molecule has 0 bridgehead atoms. The third kappa shape index (κ3) is 1.73. The van der Waals surface area contributed by atoms with Crippen molar-refractivity contribution in [3.8, 4) is 5.75 Å². The van der Waals surface area contributed by atoms with Gasteiger partial charge in [0, 0.05) is 10.0 Å². The van der Waals surface area contributed by atoms with Crippen LogP contribution in [0.1, 0.15) is 10.4 Å². The van der Waals surface area contributed by atoms with E-state index in [4.69, 9.17) is 16.7 Å². The summed E-state index contributed by atoms with van der Waals surface area (Å²) in [4.78, 5) is 10.4. The first kappa shape index (κ1) is 8.56. The molecule has 0 saturated carbocycles. The van der Waals surface area contributed by atoms with Crippen LogP contribution in [0, 0.1) is 0 Å². The van der Waals surface area contributed by atoms with E-state index < -0.39 is 0 Å². The van der Waals surface area contributed by atoms with Gasteiger partial charge in [-0.15, -0.1) is 0 Å². The predicted octanol–water partition coefficient (Wildman–Crippen LogP) is 2.62. The fourth-order valence-corrected chi connectivity index (χ4v) is 1.60. The van der Waals surface area contributed by atoms with Crippen molar-refractivity contribution in [2.45, 2.75) is 0 Å². The van der Waals surface area contributed by atoms with Crippen LogP contribution in [0.5, 0.6) is 5.75 Å². The van der Waals surface area contributed by atoms with E-state index in [0.717, 1.165) is 0 Å². The molecule has 0 aliphatic carbocycles. The number of aldehydes is 1. The summed E-state index contributed by atoms with van der Waals surface area (Å²) in [5.41, 5.74) is 0.351. The van der Waals surface area contributed by atoms with Crippen molar-refractivity contribution in [3.05, 3.63) is 27.2 Å². The predicted molar refractivity (Wildman–Crippen MR) is 46.2 cm³/mol. The van der Waals surface area contributed by atoms with Crippen LogP contribution in [0.25, 0.3) is 0 Å². The lowest BCUT2D eigenvalue weighted by atomic mass is 10.2. The third-order valence-electron chi connectivity index (χ3n) is 1.18. The first-order valence-corrected chi connectivity index (χ1v) is 3.95. The summed E-state index contributed by atoms with van der Waals surface area (Å²) in [6.45, 7) is 0. The summed E-state index contributed by atoms with van der Waals surface area (Å²) in [6.07, 6.45) is 0.631. The van der Waals surface area contributed by atoms with Crippen LogP contribution in [-0.2, 0) is 0 Å². The quantitative estimate of drug-likeness (QED) is 0.760. The zero-order chi connectivity index (χ0) is 8.43. The number of benzene rings is 1. The number of phenols is 1. The number of aromatic hydroxyl groups is 1. The molecule has 0 spiro atoms. The lowest BCUT2D eigenvalue weighted by Gasteiger charge is -1.99. The number of carbonyl (C=O) groups is 1. The smallest absolute Gasteiger partial charge is 0.152 e. The van der Waals surface area contributed by atoms with Crippen molar-refractivity contribution in [1.82, 2.24) is 0 Å². The van der Waals surface area contributed by atoms with E-state index in [9.17, 15) is 4.79 Å². The maximum absolute atomic E-state index is 10.4. The van der Waals surface area contributed by atoms with E-state index >= 15 is 0 Å². The van der Waals surface area contributed by atoms with Gasteiger partial charge < -0.3 is 5.11 Å². The van der Waals surface area contributed by atoms with Crippen molar-refractivity contribution in [3.63, 3.8) is 0 Å². The number of carbonyl (C=O) groups excluding carboxylic acids is 1. The van der Waals surface area contributed by atoms with Gasteiger partial charge in [-0.05, 0) is 28.1 Å². The molecule has 1 rings (SSSR count). The van der Waals surface area contributed by atoms with Gasteiger partial charge >= 0.3 is 0 Å². The second kappa shape index (κ2) is 3.24. The highest BCUT2D eigenvalue weighted by Crippen LogP contribution is 2.28. The van der Waals surface area contributed by atoms with Gasteiger partial charge in [-0.25, -0.2) is 0 Å². The van der Waals surface area contributed by atoms with Crippen molar-refractivity contribution in [2.75, 3.05) is 0 Å². The maximum Gasteiger partial charge on any atom is 0.152 e. The molecular weight excluding hydrogens is 231 g/mol. The molecule has 11 heavy (non-hydrogen) atoms. The van der Waals surface area contributed by atoms with E-state index in [1.807, 2.05) is 0 Å². The van der Waals surface area contributed by atoms with E-state index in [1.165, 1.54) is 12.1 Å². The fourth-order valence-electron chi connectivity index (χ4n) is 0.684. The average Bonchev–Trinajstić information content (AvgIpc) is 1.85. The van der Waals surface area contributed by atoms with E-state index in [-0.39, 0.29) is 10.8 Å². The molecule has 1 N–H and O–H groups in total. The van der Waals surface area contributed by atoms with Gasteiger partial charge in [0.2, 0.25) is 0 Å². The third-order valence-corrected chi connectivity index (χ3v) is 2.15. The molecule has 0 fully saturated rings. The summed E-state index contributed by atoms with van der Waals surface area (Å²) in [5, 5.41) is 9.23. The lowest BCUT2D eigenvalue weighted by molar-refractivity contribution is 0.112. The van der Waals surface area contributed by atoms with E-state index in [2.05, 4.69) is 15.9 Å². The molecule has 0 heterocycles. The molecule has 2 nitrogen and oxygen atoms in total. The van der Waals surface area contributed by atoms with Crippen molar-refractivity contribution in [2.24, 2.45) is 0 Å². The fraction of sp³-hybridized carbons (Fsp3) is 0. The number of halogens is 2. The Bertz CT molecular complexity index is 275. The Morgan fingerprint density at radius 2 is 2.18 bits per heavy atom. The summed E-state index contributed by atoms with van der Waals surface area (Å²) >= 11 is 8.70. The van der Waals surface area contributed by atoms with Crippen molar-refractivity contribution < 1.29 is 9.90 Å². The molecule has 0 saturated heterocycles. The van der Waals surface area contributed by atoms with Crippen LogP contribution in [0.2, 0.25) is 5.02 Å². The SMILES string of the molecule is O=Cc1c(Cl)cc(O)cc1Br. The Morgan fingerprint density at radius 1 is 1.55 bits per heavy atom. The summed E-state index contributed by atoms with van der Waals surface area (Å²) in [7, 11) is 0. The van der Waals surface area contributed by atoms with Crippen LogP contribution in [0.3, 0.4) is 0 Å². The largest absolute Gasteiger partial charge is 0.508 e. The highest BCUT2D eigenvalue weighted by Gasteiger charge is 2.05. The zero-order valence-corrected chi connectivity index (χ0v) is 7.69. The van der Waals surface area contributed by atoms with Crippen LogP contribution >= 0.6 is 27.5 Å². The second-order valence-electron chi connectivity index (χ2n) is 1.94. The molecular formula is C7H4BrClO2. The van der Waals surface area contributed by atoms with Crippen LogP contribution in [0.4, 0.5) is 0 Å². The normalized spacial score (nSPS) is 9.64. The van der Waals surface area contributed by atoms with Gasteiger partial charge in [0.05, 0.1) is 5.02 Å². The van der Waals surface area contributed by atoms with Gasteiger partial charge in [0.25, 0.3) is 0 Å². The van der Waals surface area contributed by atoms with Crippen LogP contribution in [-0.4, -0.2) is 11.4 Å². The first-order valence-electron chi connectivity index (χ1n) is 2.78. The summed E-state index contributed by atoms with van der Waals surface area (Å²) in [6, 6.07) is 2.73. The Morgan fingerprint density at radius 3 is 2.64 bits per heavy atom. The first-order chi connectivity index (χ1) is 5.15. The zero-order valence-electron chi connectivity index (χ0n) is 5.34. The lowest BCUT2D eigenvalue weighted by Crippen LogP contribution is -1.83. The highest BCUT2D eigenvalue weighted by atomic mass is 79.9. The van der Waals surface area contributed by atoms with Gasteiger partial charge in [-0.1, -0.05) is 11.6 Å². The van der Waals surface area contributed by atoms with Gasteiger partial charge in [0.1, 0.15) is 5.75 Å². The maximum atomic E-state index is 10.4. The van der Waals surface area contributed by atoms with Crippen LogP contribution < -0.4 is 0 Å². The van der Waals surface area contributed by atoms with E-state index in [1.54, 1.807) is 0 Å². The number of hydrogen-bond donors (Lipinski definition) is 1. The number of hydrogen-bond acceptors (Lipinski definition) is 2. The second-order valence-corrected chi connectivity index (χ2v) is 3.20. The molecule has 58 valence electrons. The van der Waals surface area contributed by atoms with Crippen LogP contribution in [0.15, 0.2) is 16.6 Å². The Balaban J connectivity index is 3.36. The standard InChI is InChI=1S/C7H4BrClO2/c8-6-1-4(11)2-7(9)5(6)3-10/h1-3,11H. The van der Waals surface area contributed by atoms with Gasteiger partial charge in [-0.2, -0.15) is 0 Å². The topological polar surface area (TPSA) is 37.3 Å². The Labute approximate surface area is 76.9 Å². The average molecular weight is 235 g/mol. The molecule has 1 aromatic rings. The molecule has 0 amide bonds. The Kier molecular flexibility index (Phi) is 2.52. The molecule has 1 aromatic carbocycles. The molecule has 0 unspecified atom stereocenters. The molecule has 0 aliphatic heterocycles. The van der Waals surface area contributed by atoms with Crippen molar-refractivity contribution in [1.29, 1.82) is 0 Å². The van der Waals surface area contributed by atoms with Gasteiger partial charge in [-0.3, -0.25) is 4.79 Å². The molecule has 4 heteroatoms. The monoisotopic (exact) mass is 234 g/mol. The number of rotatable bonds is 1. The van der Waals surface area contributed by atoms with E-state index in [0.29, 0.717) is 16.3 Å². The van der Waals surface area contributed by atoms with Crippen molar-refractivity contribution >= 4 is 33.8 Å². The van der Waals surface area contributed by atoms with Gasteiger partial charge in [0.15, 0.2) is 6.29 Å².